The van der Waals surface area contributed by atoms with E-state index >= 15 is 0 Å². The molecule has 1 unspecified atom stereocenters. The molecule has 86 valence electrons. The minimum absolute atomic E-state index is 0.250. The van der Waals surface area contributed by atoms with Crippen LogP contribution in [0, 0.1) is 6.92 Å². The van der Waals surface area contributed by atoms with Gasteiger partial charge in [0.1, 0.15) is 5.76 Å². The van der Waals surface area contributed by atoms with Gasteiger partial charge in [0.05, 0.1) is 17.8 Å². The lowest BCUT2D eigenvalue weighted by Gasteiger charge is -2.15. The second kappa shape index (κ2) is 5.27. The summed E-state index contributed by atoms with van der Waals surface area (Å²) in [5.74, 6) is 1.04. The first-order chi connectivity index (χ1) is 7.81. The standard InChI is InChI=1S/C12H16N2OS/c1-3-14-11(6-10-7-13-8-16-10)12-9(2)4-5-15-12/h4-5,7-8,11,14H,3,6H2,1-2H3. The van der Waals surface area contributed by atoms with Gasteiger partial charge in [-0.05, 0) is 25.1 Å². The average molecular weight is 236 g/mol. The number of thiazole rings is 1. The smallest absolute Gasteiger partial charge is 0.123 e. The third kappa shape index (κ3) is 2.51. The molecule has 16 heavy (non-hydrogen) atoms. The van der Waals surface area contributed by atoms with Gasteiger partial charge in [-0.1, -0.05) is 6.92 Å². The fourth-order valence-corrected chi connectivity index (χ4v) is 2.43. The number of aryl methyl sites for hydroxylation is 1. The Labute approximate surface area is 99.5 Å². The maximum atomic E-state index is 5.55. The highest BCUT2D eigenvalue weighted by molar-refractivity contribution is 7.09. The molecule has 0 fully saturated rings. The summed E-state index contributed by atoms with van der Waals surface area (Å²) in [4.78, 5) is 5.38. The van der Waals surface area contributed by atoms with Crippen LogP contribution in [0.5, 0.6) is 0 Å². The number of likely N-dealkylation sites (N-methyl/N-ethyl adjacent to an activating group) is 1. The van der Waals surface area contributed by atoms with Crippen LogP contribution in [0.1, 0.15) is 29.2 Å². The van der Waals surface area contributed by atoms with Crippen molar-refractivity contribution in [1.82, 2.24) is 10.3 Å². The number of aromatic nitrogens is 1. The summed E-state index contributed by atoms with van der Waals surface area (Å²) in [5.41, 5.74) is 3.07. The van der Waals surface area contributed by atoms with Gasteiger partial charge in [-0.25, -0.2) is 0 Å². The highest BCUT2D eigenvalue weighted by atomic mass is 32.1. The van der Waals surface area contributed by atoms with Crippen molar-refractivity contribution in [3.05, 3.63) is 40.2 Å². The van der Waals surface area contributed by atoms with Gasteiger partial charge >= 0.3 is 0 Å². The molecule has 1 N–H and O–H groups in total. The van der Waals surface area contributed by atoms with Crippen LogP contribution in [0.15, 0.2) is 28.5 Å². The summed E-state index contributed by atoms with van der Waals surface area (Å²) in [5, 5.41) is 3.45. The van der Waals surface area contributed by atoms with Crippen molar-refractivity contribution in [1.29, 1.82) is 0 Å². The van der Waals surface area contributed by atoms with Crippen molar-refractivity contribution < 1.29 is 4.42 Å². The summed E-state index contributed by atoms with van der Waals surface area (Å²) in [6.45, 7) is 5.12. The molecule has 2 rings (SSSR count). The first-order valence-electron chi connectivity index (χ1n) is 5.46. The van der Waals surface area contributed by atoms with Gasteiger partial charge in [0, 0.05) is 17.5 Å². The Bertz CT molecular complexity index is 422. The highest BCUT2D eigenvalue weighted by Gasteiger charge is 2.17. The molecule has 0 aliphatic rings. The summed E-state index contributed by atoms with van der Waals surface area (Å²) in [7, 11) is 0. The van der Waals surface area contributed by atoms with Gasteiger partial charge in [0.15, 0.2) is 0 Å². The van der Waals surface area contributed by atoms with Crippen LogP contribution in [-0.4, -0.2) is 11.5 Å². The SMILES string of the molecule is CCNC(Cc1cncs1)c1occc1C. The fraction of sp³-hybridized carbons (Fsp3) is 0.417. The number of rotatable bonds is 5. The molecule has 0 spiro atoms. The molecule has 0 aliphatic carbocycles. The van der Waals surface area contributed by atoms with Crippen molar-refractivity contribution in [2.24, 2.45) is 0 Å². The largest absolute Gasteiger partial charge is 0.467 e. The van der Waals surface area contributed by atoms with E-state index in [2.05, 4.69) is 24.1 Å². The van der Waals surface area contributed by atoms with Crippen molar-refractivity contribution in [3.8, 4) is 0 Å². The number of hydrogen-bond acceptors (Lipinski definition) is 4. The third-order valence-corrected chi connectivity index (χ3v) is 3.36. The van der Waals surface area contributed by atoms with Gasteiger partial charge < -0.3 is 9.73 Å². The lowest BCUT2D eigenvalue weighted by atomic mass is 10.1. The van der Waals surface area contributed by atoms with E-state index in [1.165, 1.54) is 10.4 Å². The Morgan fingerprint density at radius 1 is 1.56 bits per heavy atom. The first-order valence-corrected chi connectivity index (χ1v) is 6.34. The summed E-state index contributed by atoms with van der Waals surface area (Å²) in [6.07, 6.45) is 4.61. The molecule has 1 atom stereocenters. The predicted octanol–water partition coefficient (Wildman–Crippen LogP) is 2.94. The van der Waals surface area contributed by atoms with Gasteiger partial charge in [-0.2, -0.15) is 0 Å². The average Bonchev–Trinajstić information content (AvgIpc) is 2.88. The molecule has 2 aromatic heterocycles. The van der Waals surface area contributed by atoms with E-state index < -0.39 is 0 Å². The molecular formula is C12H16N2OS. The van der Waals surface area contributed by atoms with Crippen LogP contribution < -0.4 is 5.32 Å². The molecule has 0 bridgehead atoms. The number of nitrogens with zero attached hydrogens (tertiary/aromatic N) is 1. The minimum atomic E-state index is 0.250. The lowest BCUT2D eigenvalue weighted by molar-refractivity contribution is 0.415. The second-order valence-corrected chi connectivity index (χ2v) is 4.72. The van der Waals surface area contributed by atoms with Gasteiger partial charge in [-0.15, -0.1) is 11.3 Å². The van der Waals surface area contributed by atoms with Crippen molar-refractivity contribution in [2.75, 3.05) is 6.54 Å². The summed E-state index contributed by atoms with van der Waals surface area (Å²) >= 11 is 1.69. The Morgan fingerprint density at radius 3 is 3.00 bits per heavy atom. The van der Waals surface area contributed by atoms with Crippen molar-refractivity contribution in [2.45, 2.75) is 26.3 Å². The molecule has 0 aromatic carbocycles. The normalized spacial score (nSPS) is 12.9. The van der Waals surface area contributed by atoms with Gasteiger partial charge in [0.25, 0.3) is 0 Å². The van der Waals surface area contributed by atoms with E-state index in [0.717, 1.165) is 18.7 Å². The Balaban J connectivity index is 2.14. The molecule has 4 heteroatoms. The van der Waals surface area contributed by atoms with Crippen LogP contribution in [0.2, 0.25) is 0 Å². The third-order valence-electron chi connectivity index (χ3n) is 2.56. The molecule has 0 radical (unpaired) electrons. The maximum Gasteiger partial charge on any atom is 0.123 e. The number of hydrogen-bond donors (Lipinski definition) is 1. The molecule has 0 amide bonds. The fourth-order valence-electron chi connectivity index (χ4n) is 1.79. The van der Waals surface area contributed by atoms with E-state index in [4.69, 9.17) is 4.42 Å². The van der Waals surface area contributed by atoms with E-state index in [0.29, 0.717) is 0 Å². The van der Waals surface area contributed by atoms with Crippen molar-refractivity contribution in [3.63, 3.8) is 0 Å². The Kier molecular flexibility index (Phi) is 3.74. The van der Waals surface area contributed by atoms with Gasteiger partial charge in [0.2, 0.25) is 0 Å². The molecular weight excluding hydrogens is 220 g/mol. The molecule has 2 heterocycles. The van der Waals surface area contributed by atoms with E-state index in [1.54, 1.807) is 17.6 Å². The molecule has 0 aliphatic heterocycles. The summed E-state index contributed by atoms with van der Waals surface area (Å²) < 4.78 is 5.55. The monoisotopic (exact) mass is 236 g/mol. The van der Waals surface area contributed by atoms with Crippen LogP contribution in [-0.2, 0) is 6.42 Å². The molecule has 0 saturated heterocycles. The highest BCUT2D eigenvalue weighted by Crippen LogP contribution is 2.23. The van der Waals surface area contributed by atoms with E-state index in [-0.39, 0.29) is 6.04 Å². The first kappa shape index (κ1) is 11.4. The zero-order valence-corrected chi connectivity index (χ0v) is 10.4. The van der Waals surface area contributed by atoms with Crippen LogP contribution in [0.25, 0.3) is 0 Å². The van der Waals surface area contributed by atoms with Crippen molar-refractivity contribution >= 4 is 11.3 Å². The van der Waals surface area contributed by atoms with Crippen LogP contribution in [0.3, 0.4) is 0 Å². The van der Waals surface area contributed by atoms with Gasteiger partial charge in [-0.3, -0.25) is 4.98 Å². The second-order valence-electron chi connectivity index (χ2n) is 3.75. The zero-order valence-electron chi connectivity index (χ0n) is 9.56. The van der Waals surface area contributed by atoms with E-state index in [1.807, 2.05) is 17.8 Å². The summed E-state index contributed by atoms with van der Waals surface area (Å²) in [6, 6.07) is 2.26. The predicted molar refractivity (Wildman–Crippen MR) is 65.7 cm³/mol. The molecule has 3 nitrogen and oxygen atoms in total. The zero-order chi connectivity index (χ0) is 11.4. The Hall–Kier alpha value is -1.13. The molecule has 0 saturated carbocycles. The molecule has 2 aromatic rings. The lowest BCUT2D eigenvalue weighted by Crippen LogP contribution is -2.22. The topological polar surface area (TPSA) is 38.1 Å². The number of furan rings is 1. The quantitative estimate of drug-likeness (QED) is 0.867. The maximum absolute atomic E-state index is 5.55. The van der Waals surface area contributed by atoms with Crippen LogP contribution in [0.4, 0.5) is 0 Å². The van der Waals surface area contributed by atoms with Crippen LogP contribution >= 0.6 is 11.3 Å². The number of nitrogens with one attached hydrogen (secondary N) is 1. The Morgan fingerprint density at radius 2 is 2.44 bits per heavy atom. The van der Waals surface area contributed by atoms with E-state index in [9.17, 15) is 0 Å². The minimum Gasteiger partial charge on any atom is -0.467 e.